The molecule has 1 amide bonds. The molecule has 1 aromatic carbocycles. The number of H-pyrrole nitrogens is 1. The van der Waals surface area contributed by atoms with E-state index in [2.05, 4.69) is 16.4 Å². The second kappa shape index (κ2) is 9.08. The summed E-state index contributed by atoms with van der Waals surface area (Å²) in [4.78, 5) is 28.5. The minimum absolute atomic E-state index is 0.0241. The third-order valence-corrected chi connectivity index (χ3v) is 6.26. The summed E-state index contributed by atoms with van der Waals surface area (Å²) in [6.07, 6.45) is 4.60. The summed E-state index contributed by atoms with van der Waals surface area (Å²) < 4.78 is 10.8. The summed E-state index contributed by atoms with van der Waals surface area (Å²) in [6, 6.07) is 9.84. The number of aliphatic hydroxyl groups is 1. The van der Waals surface area contributed by atoms with Crippen molar-refractivity contribution in [1.82, 2.24) is 10.3 Å². The number of amides is 1. The molecular weight excluding hydrogens is 396 g/mol. The third kappa shape index (κ3) is 4.57. The van der Waals surface area contributed by atoms with Crippen LogP contribution in [-0.4, -0.2) is 42.4 Å². The number of aromatic nitrogens is 1. The molecule has 1 fully saturated rings. The first-order valence-electron chi connectivity index (χ1n) is 10.7. The lowest BCUT2D eigenvalue weighted by atomic mass is 9.81. The van der Waals surface area contributed by atoms with Gasteiger partial charge in [0, 0.05) is 48.7 Å². The van der Waals surface area contributed by atoms with E-state index >= 15 is 0 Å². The largest absolute Gasteiger partial charge is 0.427 e. The van der Waals surface area contributed by atoms with Crippen LogP contribution in [0.3, 0.4) is 0 Å². The first-order chi connectivity index (χ1) is 15.0. The fraction of sp³-hybridized carbons (Fsp3) is 0.417. The molecule has 31 heavy (non-hydrogen) atoms. The van der Waals surface area contributed by atoms with Crippen LogP contribution >= 0.6 is 0 Å². The number of para-hydroxylation sites is 1. The van der Waals surface area contributed by atoms with Crippen LogP contribution in [0.1, 0.15) is 40.1 Å². The summed E-state index contributed by atoms with van der Waals surface area (Å²) in [7, 11) is 0. The van der Waals surface area contributed by atoms with Gasteiger partial charge >= 0.3 is 5.63 Å². The molecule has 0 atom stereocenters. The molecule has 3 heterocycles. The number of hydrogen-bond acceptors (Lipinski definition) is 5. The van der Waals surface area contributed by atoms with Gasteiger partial charge in [0.1, 0.15) is 11.3 Å². The van der Waals surface area contributed by atoms with Gasteiger partial charge in [-0.3, -0.25) is 4.79 Å². The Bertz CT molecular complexity index is 1120. The number of fused-ring (bicyclic) bond motifs is 1. The lowest BCUT2D eigenvalue weighted by molar-refractivity contribution is -0.0146. The Morgan fingerprint density at radius 2 is 2.00 bits per heavy atom. The smallest absolute Gasteiger partial charge is 0.349 e. The lowest BCUT2D eigenvalue weighted by Gasteiger charge is -2.35. The zero-order chi connectivity index (χ0) is 21.8. The van der Waals surface area contributed by atoms with E-state index in [9.17, 15) is 14.7 Å². The van der Waals surface area contributed by atoms with Crippen LogP contribution in [0.15, 0.2) is 45.7 Å². The van der Waals surface area contributed by atoms with Crippen molar-refractivity contribution in [2.24, 2.45) is 5.41 Å². The molecule has 1 aliphatic rings. The Kier molecular flexibility index (Phi) is 6.25. The molecule has 2 aromatic heterocycles. The SMILES string of the molecule is Cc1cc(CCc2c[nH]c3ccccc23)oc(=O)c1C(=O)NCC1(CO)CCOCC1. The van der Waals surface area contributed by atoms with E-state index in [1.165, 1.54) is 0 Å². The molecule has 1 aliphatic heterocycles. The predicted molar refractivity (Wildman–Crippen MR) is 117 cm³/mol. The minimum Gasteiger partial charge on any atom is -0.427 e. The molecule has 4 rings (SSSR count). The second-order valence-corrected chi connectivity index (χ2v) is 8.37. The van der Waals surface area contributed by atoms with E-state index in [-0.39, 0.29) is 12.2 Å². The number of hydrogen-bond donors (Lipinski definition) is 3. The average Bonchev–Trinajstić information content (AvgIpc) is 3.20. The van der Waals surface area contributed by atoms with E-state index in [1.54, 1.807) is 13.0 Å². The van der Waals surface area contributed by atoms with Gasteiger partial charge < -0.3 is 24.6 Å². The lowest BCUT2D eigenvalue weighted by Crippen LogP contribution is -2.44. The van der Waals surface area contributed by atoms with Crippen molar-refractivity contribution in [3.63, 3.8) is 0 Å². The predicted octanol–water partition coefficient (Wildman–Crippen LogP) is 2.73. The Hall–Kier alpha value is -2.90. The number of carbonyl (C=O) groups excluding carboxylic acids is 1. The number of benzene rings is 1. The van der Waals surface area contributed by atoms with Crippen LogP contribution in [0.5, 0.6) is 0 Å². The average molecular weight is 424 g/mol. The molecule has 0 radical (unpaired) electrons. The maximum atomic E-state index is 12.7. The van der Waals surface area contributed by atoms with Crippen molar-refractivity contribution in [3.05, 3.63) is 69.4 Å². The quantitative estimate of drug-likeness (QED) is 0.541. The summed E-state index contributed by atoms with van der Waals surface area (Å²) in [6.45, 7) is 3.13. The van der Waals surface area contributed by atoms with Gasteiger partial charge in [0.05, 0.1) is 6.61 Å². The van der Waals surface area contributed by atoms with Crippen LogP contribution in [0.2, 0.25) is 0 Å². The summed E-state index contributed by atoms with van der Waals surface area (Å²) in [5, 5.41) is 13.8. The van der Waals surface area contributed by atoms with Crippen LogP contribution in [-0.2, 0) is 17.6 Å². The number of aromatic amines is 1. The fourth-order valence-electron chi connectivity index (χ4n) is 4.22. The Morgan fingerprint density at radius 1 is 1.23 bits per heavy atom. The van der Waals surface area contributed by atoms with E-state index in [0.29, 0.717) is 50.3 Å². The van der Waals surface area contributed by atoms with Crippen molar-refractivity contribution in [2.45, 2.75) is 32.6 Å². The molecule has 3 aromatic rings. The Labute approximate surface area is 180 Å². The fourth-order valence-corrected chi connectivity index (χ4v) is 4.22. The van der Waals surface area contributed by atoms with Crippen LogP contribution in [0.25, 0.3) is 10.9 Å². The summed E-state index contributed by atoms with van der Waals surface area (Å²) >= 11 is 0. The van der Waals surface area contributed by atoms with Gasteiger partial charge in [-0.2, -0.15) is 0 Å². The van der Waals surface area contributed by atoms with Crippen molar-refractivity contribution in [1.29, 1.82) is 0 Å². The van der Waals surface area contributed by atoms with Gasteiger partial charge in [0.15, 0.2) is 0 Å². The van der Waals surface area contributed by atoms with E-state index in [1.807, 2.05) is 24.4 Å². The van der Waals surface area contributed by atoms with Gasteiger partial charge in [-0.25, -0.2) is 4.79 Å². The number of nitrogens with one attached hydrogen (secondary N) is 2. The molecule has 0 spiro atoms. The topological polar surface area (TPSA) is 105 Å². The zero-order valence-electron chi connectivity index (χ0n) is 17.7. The molecule has 1 saturated heterocycles. The highest BCUT2D eigenvalue weighted by Gasteiger charge is 2.33. The first kappa shape index (κ1) is 21.3. The standard InChI is InChI=1S/C24H28N2O5/c1-16-12-18(7-6-17-13-25-20-5-3-2-4-19(17)20)31-23(29)21(16)22(28)26-14-24(15-27)8-10-30-11-9-24/h2-5,12-13,25,27H,6-11,14-15H2,1H3,(H,26,28). The number of aryl methyl sites for hydroxylation is 3. The third-order valence-electron chi connectivity index (χ3n) is 6.26. The molecule has 0 bridgehead atoms. The van der Waals surface area contributed by atoms with Crippen molar-refractivity contribution in [2.75, 3.05) is 26.4 Å². The number of rotatable bonds is 7. The van der Waals surface area contributed by atoms with E-state index < -0.39 is 16.9 Å². The normalized spacial score (nSPS) is 15.8. The highest BCUT2D eigenvalue weighted by molar-refractivity contribution is 5.95. The second-order valence-electron chi connectivity index (χ2n) is 8.37. The van der Waals surface area contributed by atoms with Crippen LogP contribution < -0.4 is 10.9 Å². The number of aliphatic hydroxyl groups excluding tert-OH is 1. The maximum Gasteiger partial charge on any atom is 0.349 e. The van der Waals surface area contributed by atoms with Gasteiger partial charge in [0.2, 0.25) is 0 Å². The molecule has 0 aliphatic carbocycles. The highest BCUT2D eigenvalue weighted by atomic mass is 16.5. The highest BCUT2D eigenvalue weighted by Crippen LogP contribution is 2.29. The summed E-state index contributed by atoms with van der Waals surface area (Å²) in [5.41, 5.74) is 1.82. The van der Waals surface area contributed by atoms with E-state index in [4.69, 9.17) is 9.15 Å². The van der Waals surface area contributed by atoms with Crippen molar-refractivity contribution in [3.8, 4) is 0 Å². The van der Waals surface area contributed by atoms with Crippen molar-refractivity contribution >= 4 is 16.8 Å². The first-order valence-corrected chi connectivity index (χ1v) is 10.7. The van der Waals surface area contributed by atoms with Gasteiger partial charge in [0.25, 0.3) is 5.91 Å². The van der Waals surface area contributed by atoms with Crippen molar-refractivity contribution < 1.29 is 19.1 Å². The number of ether oxygens (including phenoxy) is 1. The molecule has 7 nitrogen and oxygen atoms in total. The van der Waals surface area contributed by atoms with Gasteiger partial charge in [-0.15, -0.1) is 0 Å². The Balaban J connectivity index is 1.44. The molecule has 164 valence electrons. The molecule has 3 N–H and O–H groups in total. The van der Waals surface area contributed by atoms with Gasteiger partial charge in [-0.1, -0.05) is 18.2 Å². The zero-order valence-corrected chi connectivity index (χ0v) is 17.7. The van der Waals surface area contributed by atoms with Crippen LogP contribution in [0.4, 0.5) is 0 Å². The van der Waals surface area contributed by atoms with Gasteiger partial charge in [-0.05, 0) is 49.4 Å². The molecule has 0 unspecified atom stereocenters. The summed E-state index contributed by atoms with van der Waals surface area (Å²) in [5.74, 6) is 0.0920. The molecular formula is C24H28N2O5. The van der Waals surface area contributed by atoms with E-state index in [0.717, 1.165) is 22.9 Å². The molecule has 0 saturated carbocycles. The Morgan fingerprint density at radius 3 is 2.74 bits per heavy atom. The number of carbonyl (C=O) groups is 1. The molecule has 7 heteroatoms. The monoisotopic (exact) mass is 424 g/mol. The van der Waals surface area contributed by atoms with Crippen LogP contribution in [0, 0.1) is 12.3 Å². The minimum atomic E-state index is -0.628. The maximum absolute atomic E-state index is 12.7.